The number of rotatable bonds is 4. The fraction of sp³-hybridized carbons (Fsp3) is 0.0233. The Morgan fingerprint density at radius 1 is 0.383 bits per heavy atom. The van der Waals surface area contributed by atoms with Gasteiger partial charge in [-0.1, -0.05) is 96.5 Å². The molecular weight excluding hydrogens is 612 g/mol. The number of fused-ring (bicyclic) bond motifs is 6. The van der Waals surface area contributed by atoms with E-state index in [1.54, 1.807) is 0 Å². The van der Waals surface area contributed by atoms with E-state index in [0.717, 1.165) is 39.7 Å². The summed E-state index contributed by atoms with van der Waals surface area (Å²) in [5.41, 5.74) is 7.19. The topological polar surface area (TPSA) is 6.48 Å². The highest BCUT2D eigenvalue weighted by atomic mass is 35.5. The molecule has 0 fully saturated rings. The molecule has 7 aromatic rings. The summed E-state index contributed by atoms with van der Waals surface area (Å²) in [5, 5.41) is 0.685. The van der Waals surface area contributed by atoms with E-state index in [4.69, 9.17) is 11.6 Å². The van der Waals surface area contributed by atoms with Gasteiger partial charge in [-0.25, -0.2) is 0 Å². The minimum Gasteiger partial charge on any atom is -0.309 e. The smallest absolute Gasteiger partial charge is 0.0887 e. The highest BCUT2D eigenvalue weighted by molar-refractivity contribution is 8.34. The molecule has 0 unspecified atom stereocenters. The average Bonchev–Trinajstić information content (AvgIpc) is 3.13. The van der Waals surface area contributed by atoms with Crippen molar-refractivity contribution in [3.63, 3.8) is 0 Å². The molecule has 228 valence electrons. The van der Waals surface area contributed by atoms with E-state index in [1.165, 1.54) is 19.6 Å². The second-order valence-corrected chi connectivity index (χ2v) is 15.2. The summed E-state index contributed by atoms with van der Waals surface area (Å²) in [7, 11) is -1.96. The summed E-state index contributed by atoms with van der Waals surface area (Å²) in [6, 6.07) is 65.7. The minimum absolute atomic E-state index is 0.685. The monoisotopic (exact) mass is 644 g/mol. The molecule has 0 radical (unpaired) electrons. The first-order valence-electron chi connectivity index (χ1n) is 15.8. The third-order valence-electron chi connectivity index (χ3n) is 8.74. The Labute approximate surface area is 283 Å². The van der Waals surface area contributed by atoms with Crippen LogP contribution in [0, 0.1) is 6.92 Å². The fourth-order valence-electron chi connectivity index (χ4n) is 6.76. The molecule has 0 saturated heterocycles. The highest BCUT2D eigenvalue weighted by Crippen LogP contribution is 2.74. The molecule has 1 heterocycles. The molecular formula is C43H33ClN2S. The number of anilines is 6. The van der Waals surface area contributed by atoms with Gasteiger partial charge in [-0.05, 0) is 110 Å². The Morgan fingerprint density at radius 2 is 0.723 bits per heavy atom. The Kier molecular flexibility index (Phi) is 7.57. The number of hydrogen-bond acceptors (Lipinski definition) is 2. The molecule has 0 N–H and O–H groups in total. The lowest BCUT2D eigenvalue weighted by Crippen LogP contribution is -2.16. The average molecular weight is 645 g/mol. The molecule has 0 atom stereocenters. The van der Waals surface area contributed by atoms with Crippen LogP contribution >= 0.6 is 21.6 Å². The first-order valence-corrected chi connectivity index (χ1v) is 17.8. The maximum Gasteiger partial charge on any atom is 0.0887 e. The molecule has 47 heavy (non-hydrogen) atoms. The van der Waals surface area contributed by atoms with Crippen molar-refractivity contribution in [1.82, 2.24) is 0 Å². The second kappa shape index (κ2) is 12.2. The van der Waals surface area contributed by atoms with Crippen LogP contribution in [-0.4, -0.2) is 0 Å². The number of hydrogen-bond donors (Lipinski definition) is 0. The molecule has 6 bridgehead atoms. The summed E-state index contributed by atoms with van der Waals surface area (Å²) in [5.74, 6) is 0. The van der Waals surface area contributed by atoms with Crippen molar-refractivity contribution >= 4 is 55.8 Å². The van der Waals surface area contributed by atoms with E-state index in [9.17, 15) is 0 Å². The Morgan fingerprint density at radius 3 is 1.13 bits per heavy atom. The lowest BCUT2D eigenvalue weighted by atomic mass is 10.1. The Hall–Kier alpha value is -5.22. The van der Waals surface area contributed by atoms with Crippen LogP contribution in [0.3, 0.4) is 0 Å². The molecule has 0 aliphatic carbocycles. The van der Waals surface area contributed by atoms with Gasteiger partial charge in [0.25, 0.3) is 0 Å². The van der Waals surface area contributed by atoms with Gasteiger partial charge in [-0.3, -0.25) is 0 Å². The van der Waals surface area contributed by atoms with Crippen molar-refractivity contribution in [2.24, 2.45) is 0 Å². The van der Waals surface area contributed by atoms with Gasteiger partial charge in [0.1, 0.15) is 0 Å². The van der Waals surface area contributed by atoms with Crippen LogP contribution in [0.25, 0.3) is 0 Å². The minimum atomic E-state index is -1.96. The zero-order valence-electron chi connectivity index (χ0n) is 26.0. The Balaban J connectivity index is 1.56. The standard InChI is InChI=1S/C43H33ClN2S/c1-32-28-41-43(44)42(29-32)46(34-18-8-3-9-19-34)36-21-15-27-40(31-36)47(37-22-10-4-11-23-37,38-24-12-5-13-25-38)39-26-14-20-35(30-39)45(41)33-16-6-2-7-17-33/h2-31H,1H3. The number of benzene rings is 7. The lowest BCUT2D eigenvalue weighted by molar-refractivity contribution is 1.19. The van der Waals surface area contributed by atoms with Crippen molar-refractivity contribution in [3.8, 4) is 0 Å². The highest BCUT2D eigenvalue weighted by Gasteiger charge is 2.35. The largest absolute Gasteiger partial charge is 0.309 e. The zero-order valence-corrected chi connectivity index (χ0v) is 27.6. The van der Waals surface area contributed by atoms with Gasteiger partial charge < -0.3 is 9.80 Å². The zero-order chi connectivity index (χ0) is 31.8. The van der Waals surface area contributed by atoms with E-state index < -0.39 is 10.0 Å². The summed E-state index contributed by atoms with van der Waals surface area (Å²) in [4.78, 5) is 9.68. The van der Waals surface area contributed by atoms with Crippen LogP contribution in [0.2, 0.25) is 5.02 Å². The van der Waals surface area contributed by atoms with E-state index in [2.05, 4.69) is 199 Å². The number of para-hydroxylation sites is 2. The van der Waals surface area contributed by atoms with E-state index in [-0.39, 0.29) is 0 Å². The SMILES string of the molecule is Cc1cc2c(Cl)c(c1)N(c1ccccc1)c1cccc(c1)S(c1ccccc1)(c1ccccc1)c1cccc(c1)N2c1ccccc1. The fourth-order valence-corrected chi connectivity index (χ4v) is 11.0. The Bertz CT molecular complexity index is 2020. The third kappa shape index (κ3) is 5.00. The maximum absolute atomic E-state index is 7.59. The van der Waals surface area contributed by atoms with Crippen LogP contribution in [0.1, 0.15) is 5.56 Å². The van der Waals surface area contributed by atoms with Crippen LogP contribution < -0.4 is 9.80 Å². The van der Waals surface area contributed by atoms with E-state index in [1.807, 2.05) is 0 Å². The van der Waals surface area contributed by atoms with Gasteiger partial charge in [0.15, 0.2) is 0 Å². The quantitative estimate of drug-likeness (QED) is 0.188. The van der Waals surface area contributed by atoms with Gasteiger partial charge in [0.05, 0.1) is 16.4 Å². The summed E-state index contributed by atoms with van der Waals surface area (Å²) in [6.45, 7) is 2.15. The van der Waals surface area contributed by atoms with Gasteiger partial charge in [0, 0.05) is 42.3 Å². The van der Waals surface area contributed by atoms with Crippen LogP contribution in [-0.2, 0) is 0 Å². The van der Waals surface area contributed by atoms with Crippen molar-refractivity contribution < 1.29 is 0 Å². The predicted octanol–water partition coefficient (Wildman–Crippen LogP) is 13.2. The van der Waals surface area contributed by atoms with Gasteiger partial charge >= 0.3 is 0 Å². The van der Waals surface area contributed by atoms with Crippen LogP contribution in [0.4, 0.5) is 34.1 Å². The lowest BCUT2D eigenvalue weighted by Gasteiger charge is -2.43. The van der Waals surface area contributed by atoms with E-state index in [0.29, 0.717) is 5.02 Å². The molecule has 0 saturated carbocycles. The van der Waals surface area contributed by atoms with E-state index >= 15 is 0 Å². The van der Waals surface area contributed by atoms with Crippen molar-refractivity contribution in [2.45, 2.75) is 26.5 Å². The molecule has 7 aromatic carbocycles. The second-order valence-electron chi connectivity index (χ2n) is 11.7. The van der Waals surface area contributed by atoms with Gasteiger partial charge in [-0.15, -0.1) is 10.0 Å². The van der Waals surface area contributed by atoms with Crippen molar-refractivity contribution in [3.05, 3.63) is 193 Å². The van der Waals surface area contributed by atoms with Crippen LogP contribution in [0.15, 0.2) is 202 Å². The molecule has 0 amide bonds. The molecule has 8 rings (SSSR count). The summed E-state index contributed by atoms with van der Waals surface area (Å²) < 4.78 is 0. The first-order chi connectivity index (χ1) is 23.1. The normalized spacial score (nSPS) is 14.1. The number of aryl methyl sites for hydroxylation is 1. The first kappa shape index (κ1) is 29.2. The molecule has 4 heteroatoms. The number of halogens is 1. The molecule has 1 aliphatic rings. The predicted molar refractivity (Wildman–Crippen MR) is 199 cm³/mol. The number of nitrogens with zero attached hydrogens (tertiary/aromatic N) is 2. The summed E-state index contributed by atoms with van der Waals surface area (Å²) >= 11 is 7.59. The summed E-state index contributed by atoms with van der Waals surface area (Å²) in [6.07, 6.45) is 0. The third-order valence-corrected chi connectivity index (χ3v) is 13.0. The van der Waals surface area contributed by atoms with Crippen LogP contribution in [0.5, 0.6) is 0 Å². The molecule has 0 spiro atoms. The van der Waals surface area contributed by atoms with Gasteiger partial charge in [0.2, 0.25) is 0 Å². The maximum atomic E-state index is 7.59. The molecule has 2 nitrogen and oxygen atoms in total. The van der Waals surface area contributed by atoms with Crippen molar-refractivity contribution in [2.75, 3.05) is 9.80 Å². The van der Waals surface area contributed by atoms with Crippen molar-refractivity contribution in [1.29, 1.82) is 0 Å². The molecule has 1 aliphatic heterocycles. The van der Waals surface area contributed by atoms with Gasteiger partial charge in [-0.2, -0.15) is 0 Å². The molecule has 0 aromatic heterocycles.